The van der Waals surface area contributed by atoms with Crippen LogP contribution in [0.2, 0.25) is 0 Å². The summed E-state index contributed by atoms with van der Waals surface area (Å²) in [6.45, 7) is 0.315. The number of carbonyl (C=O) groups excluding carboxylic acids is 1. The quantitative estimate of drug-likeness (QED) is 0.428. The van der Waals surface area contributed by atoms with E-state index in [4.69, 9.17) is 10.6 Å². The van der Waals surface area contributed by atoms with Crippen LogP contribution < -0.4 is 5.73 Å². The number of amides is 1. The Hall–Kier alpha value is -0.610. The Morgan fingerprint density at radius 2 is 2.62 bits per heavy atom. The Bertz CT molecular complexity index is 103. The molecule has 2 N–H and O–H groups in total. The second kappa shape index (κ2) is 1.72. The van der Waals surface area contributed by atoms with Crippen LogP contribution in [0, 0.1) is 0 Å². The van der Waals surface area contributed by atoms with Gasteiger partial charge >= 0.3 is 0 Å². The Morgan fingerprint density at radius 1 is 2.00 bits per heavy atom. The molecule has 0 aromatic rings. The molecule has 0 spiro atoms. The van der Waals surface area contributed by atoms with Gasteiger partial charge in [0, 0.05) is 7.05 Å². The zero-order chi connectivity index (χ0) is 6.15. The zero-order valence-corrected chi connectivity index (χ0v) is 4.63. The van der Waals surface area contributed by atoms with Crippen LogP contribution in [0.25, 0.3) is 0 Å². The molecule has 1 fully saturated rings. The maximum atomic E-state index is 10.6. The fourth-order valence-electron chi connectivity index (χ4n) is 0.561. The minimum absolute atomic E-state index is 0.148. The molecule has 1 atom stereocenters. The number of nitrogens with zero attached hydrogens (tertiary/aromatic N) is 1. The summed E-state index contributed by atoms with van der Waals surface area (Å²) in [5.74, 6) is -0.148. The first kappa shape index (κ1) is 5.53. The number of likely N-dealkylation sites (N-methyl/N-ethyl adjacent to an activating group) is 1. The van der Waals surface area contributed by atoms with Gasteiger partial charge in [-0.2, -0.15) is 0 Å². The molecule has 1 aliphatic rings. The van der Waals surface area contributed by atoms with Crippen molar-refractivity contribution in [2.75, 3.05) is 13.7 Å². The summed E-state index contributed by atoms with van der Waals surface area (Å²) in [4.78, 5) is 15.3. The Morgan fingerprint density at radius 3 is 2.75 bits per heavy atom. The average Bonchev–Trinajstić information content (AvgIpc) is 1.98. The van der Waals surface area contributed by atoms with Crippen LogP contribution in [0.4, 0.5) is 0 Å². The third kappa shape index (κ3) is 0.677. The lowest BCUT2D eigenvalue weighted by Crippen LogP contribution is -2.32. The van der Waals surface area contributed by atoms with Gasteiger partial charge in [-0.3, -0.25) is 9.63 Å². The van der Waals surface area contributed by atoms with Gasteiger partial charge in [-0.15, -0.1) is 0 Å². The second-order valence-corrected chi connectivity index (χ2v) is 1.74. The molecular formula is C4H8N2O2. The summed E-state index contributed by atoms with van der Waals surface area (Å²) in [5, 5.41) is 1.16. The smallest absolute Gasteiger partial charge is 0.265 e. The number of rotatable bonds is 0. The molecule has 46 valence electrons. The normalized spacial score (nSPS) is 29.5. The number of nitrogens with two attached hydrogens (primary N) is 1. The van der Waals surface area contributed by atoms with Crippen molar-refractivity contribution in [2.24, 2.45) is 5.73 Å². The first-order valence-corrected chi connectivity index (χ1v) is 2.38. The topological polar surface area (TPSA) is 55.6 Å². The van der Waals surface area contributed by atoms with E-state index >= 15 is 0 Å². The maximum Gasteiger partial charge on any atom is 0.265 e. The summed E-state index contributed by atoms with van der Waals surface area (Å²) in [6.07, 6.45) is 0. The van der Waals surface area contributed by atoms with Gasteiger partial charge in [0.2, 0.25) is 0 Å². The molecule has 1 rings (SSSR count). The van der Waals surface area contributed by atoms with Crippen molar-refractivity contribution in [1.82, 2.24) is 5.06 Å². The van der Waals surface area contributed by atoms with E-state index in [1.165, 1.54) is 0 Å². The SMILES string of the molecule is CN1OC[C@H](N)C1=O. The summed E-state index contributed by atoms with van der Waals surface area (Å²) in [7, 11) is 1.55. The molecule has 0 radical (unpaired) electrons. The lowest BCUT2D eigenvalue weighted by molar-refractivity contribution is -0.154. The fraction of sp³-hybridized carbons (Fsp3) is 0.750. The summed E-state index contributed by atoms with van der Waals surface area (Å²) in [5.41, 5.74) is 5.25. The molecule has 1 amide bonds. The highest BCUT2D eigenvalue weighted by molar-refractivity contribution is 5.81. The molecule has 8 heavy (non-hydrogen) atoms. The molecule has 1 aliphatic heterocycles. The van der Waals surface area contributed by atoms with Crippen molar-refractivity contribution in [3.05, 3.63) is 0 Å². The fourth-order valence-corrected chi connectivity index (χ4v) is 0.561. The minimum atomic E-state index is -0.444. The van der Waals surface area contributed by atoms with Gasteiger partial charge in [0.25, 0.3) is 5.91 Å². The van der Waals surface area contributed by atoms with E-state index in [-0.39, 0.29) is 5.91 Å². The first-order chi connectivity index (χ1) is 3.72. The van der Waals surface area contributed by atoms with E-state index in [2.05, 4.69) is 0 Å². The molecule has 4 nitrogen and oxygen atoms in total. The van der Waals surface area contributed by atoms with Gasteiger partial charge < -0.3 is 5.73 Å². The summed E-state index contributed by atoms with van der Waals surface area (Å²) < 4.78 is 0. The molecule has 4 heteroatoms. The van der Waals surface area contributed by atoms with Crippen LogP contribution in [0.5, 0.6) is 0 Å². The maximum absolute atomic E-state index is 10.6. The first-order valence-electron chi connectivity index (χ1n) is 2.38. The van der Waals surface area contributed by atoms with E-state index in [0.717, 1.165) is 5.06 Å². The third-order valence-electron chi connectivity index (χ3n) is 1.08. The Kier molecular flexibility index (Phi) is 1.19. The highest BCUT2D eigenvalue weighted by atomic mass is 16.7. The molecule has 0 saturated carbocycles. The minimum Gasteiger partial charge on any atom is -0.318 e. The highest BCUT2D eigenvalue weighted by Crippen LogP contribution is 2.00. The Balaban J connectivity index is 2.57. The van der Waals surface area contributed by atoms with E-state index in [1.54, 1.807) is 7.05 Å². The van der Waals surface area contributed by atoms with Crippen molar-refractivity contribution >= 4 is 5.91 Å². The van der Waals surface area contributed by atoms with Crippen molar-refractivity contribution < 1.29 is 9.63 Å². The van der Waals surface area contributed by atoms with E-state index < -0.39 is 6.04 Å². The summed E-state index contributed by atoms with van der Waals surface area (Å²) in [6, 6.07) is -0.444. The van der Waals surface area contributed by atoms with E-state index in [1.807, 2.05) is 0 Å². The third-order valence-corrected chi connectivity index (χ3v) is 1.08. The van der Waals surface area contributed by atoms with E-state index in [9.17, 15) is 4.79 Å². The predicted octanol–water partition coefficient (Wildman–Crippen LogP) is -1.28. The van der Waals surface area contributed by atoms with Gasteiger partial charge in [-0.25, -0.2) is 5.06 Å². The highest BCUT2D eigenvalue weighted by Gasteiger charge is 2.26. The van der Waals surface area contributed by atoms with Gasteiger partial charge in [-0.05, 0) is 0 Å². The standard InChI is InChI=1S/C4H8N2O2/c1-6-4(7)3(5)2-8-6/h3H,2,5H2,1H3/t3-/m0/s1. The predicted molar refractivity (Wildman–Crippen MR) is 26.7 cm³/mol. The van der Waals surface area contributed by atoms with Crippen molar-refractivity contribution in [1.29, 1.82) is 0 Å². The average molecular weight is 116 g/mol. The molecular weight excluding hydrogens is 108 g/mol. The van der Waals surface area contributed by atoms with Crippen molar-refractivity contribution in [3.63, 3.8) is 0 Å². The lowest BCUT2D eigenvalue weighted by Gasteiger charge is -2.03. The molecule has 1 heterocycles. The van der Waals surface area contributed by atoms with Crippen LogP contribution in [0.1, 0.15) is 0 Å². The Labute approximate surface area is 47.2 Å². The molecule has 0 aromatic carbocycles. The number of carbonyl (C=O) groups is 1. The number of hydrogen-bond donors (Lipinski definition) is 1. The van der Waals surface area contributed by atoms with E-state index in [0.29, 0.717) is 6.61 Å². The monoisotopic (exact) mass is 116 g/mol. The van der Waals surface area contributed by atoms with Crippen LogP contribution in [0.3, 0.4) is 0 Å². The molecule has 0 aliphatic carbocycles. The lowest BCUT2D eigenvalue weighted by atomic mass is 10.3. The van der Waals surface area contributed by atoms with Gasteiger partial charge in [0.05, 0.1) is 6.61 Å². The second-order valence-electron chi connectivity index (χ2n) is 1.74. The summed E-state index contributed by atoms with van der Waals surface area (Å²) >= 11 is 0. The molecule has 0 unspecified atom stereocenters. The van der Waals surface area contributed by atoms with Crippen LogP contribution in [0.15, 0.2) is 0 Å². The zero-order valence-electron chi connectivity index (χ0n) is 4.63. The van der Waals surface area contributed by atoms with Crippen LogP contribution in [-0.4, -0.2) is 30.7 Å². The van der Waals surface area contributed by atoms with Crippen molar-refractivity contribution in [3.8, 4) is 0 Å². The van der Waals surface area contributed by atoms with Gasteiger partial charge in [-0.1, -0.05) is 0 Å². The van der Waals surface area contributed by atoms with Gasteiger partial charge in [0.1, 0.15) is 6.04 Å². The molecule has 1 saturated heterocycles. The van der Waals surface area contributed by atoms with Crippen molar-refractivity contribution in [2.45, 2.75) is 6.04 Å². The number of hydrogen-bond acceptors (Lipinski definition) is 3. The van der Waals surface area contributed by atoms with Crippen LogP contribution >= 0.6 is 0 Å². The van der Waals surface area contributed by atoms with Crippen LogP contribution in [-0.2, 0) is 9.63 Å². The molecule has 0 bridgehead atoms. The largest absolute Gasteiger partial charge is 0.318 e. The molecule has 0 aromatic heterocycles. The van der Waals surface area contributed by atoms with Gasteiger partial charge in [0.15, 0.2) is 0 Å². The number of hydroxylamine groups is 2.